The van der Waals surface area contributed by atoms with Crippen molar-refractivity contribution >= 4 is 35.5 Å². The lowest BCUT2D eigenvalue weighted by molar-refractivity contribution is -0.136. The first kappa shape index (κ1) is 28.0. The molecule has 3 aliphatic heterocycles. The fourth-order valence-electron chi connectivity index (χ4n) is 6.54. The number of aliphatic imine (C=N–C) groups is 1. The Hall–Kier alpha value is -3.53. The number of nitrogens with one attached hydrogen (secondary N) is 2. The van der Waals surface area contributed by atoms with Gasteiger partial charge >= 0.3 is 0 Å². The second-order valence-electron chi connectivity index (χ2n) is 11.9. The molecule has 3 fully saturated rings. The third-order valence-corrected chi connectivity index (χ3v) is 8.84. The van der Waals surface area contributed by atoms with Gasteiger partial charge in [0.1, 0.15) is 6.04 Å². The molecule has 1 unspecified atom stereocenters. The number of imide groups is 2. The minimum atomic E-state index is -0.999. The second kappa shape index (κ2) is 11.9. The number of nitrogens with zero attached hydrogens (tertiary/aromatic N) is 3. The van der Waals surface area contributed by atoms with Gasteiger partial charge in [0, 0.05) is 56.3 Å². The van der Waals surface area contributed by atoms with E-state index in [1.165, 1.54) is 44.8 Å². The summed E-state index contributed by atoms with van der Waals surface area (Å²) in [4.78, 5) is 58.7. The van der Waals surface area contributed by atoms with Crippen molar-refractivity contribution in [3.8, 4) is 0 Å². The number of carbonyl (C=O) groups excluding carboxylic acids is 4. The van der Waals surface area contributed by atoms with Crippen LogP contribution >= 0.6 is 0 Å². The fourth-order valence-corrected chi connectivity index (χ4v) is 6.54. The van der Waals surface area contributed by atoms with Crippen LogP contribution in [0.15, 0.2) is 35.0 Å². The molecule has 5 rings (SSSR count). The second-order valence-corrected chi connectivity index (χ2v) is 11.9. The van der Waals surface area contributed by atoms with Gasteiger partial charge in [0.15, 0.2) is 0 Å². The number of likely N-dealkylation sites (tertiary alicyclic amines) is 1. The Bertz CT molecular complexity index is 1230. The van der Waals surface area contributed by atoms with Crippen LogP contribution < -0.4 is 16.4 Å². The number of benzene rings is 1. The zero-order valence-corrected chi connectivity index (χ0v) is 23.3. The van der Waals surface area contributed by atoms with Crippen LogP contribution in [0.25, 0.3) is 0 Å². The van der Waals surface area contributed by atoms with E-state index in [2.05, 4.69) is 22.5 Å². The van der Waals surface area contributed by atoms with Crippen LogP contribution in [0, 0.1) is 5.41 Å². The van der Waals surface area contributed by atoms with Gasteiger partial charge in [-0.1, -0.05) is 32.3 Å². The molecule has 4 aliphatic rings. The highest BCUT2D eigenvalue weighted by Crippen LogP contribution is 2.37. The predicted octanol–water partition coefficient (Wildman–Crippen LogP) is 2.85. The molecule has 10 heteroatoms. The standard InChI is InChI=1S/C30H40N6O4/c1-30(12-3-2-4-13-30)19-35-14-10-21(11-15-35)32-17-20(16-31)18-33-23-7-5-6-22-26(23)29(40)36(28(22)39)24-8-9-25(37)34-27(24)38/h5-7,16-17,21,24,33H,2-4,8-15,18-19,31H2,1H3,(H,34,37,38). The van der Waals surface area contributed by atoms with Gasteiger partial charge in [0.2, 0.25) is 11.8 Å². The molecule has 3 heterocycles. The number of fused-ring (bicyclic) bond motifs is 1. The van der Waals surface area contributed by atoms with Crippen molar-refractivity contribution in [3.05, 3.63) is 41.1 Å². The number of anilines is 1. The van der Waals surface area contributed by atoms with Crippen LogP contribution in [-0.2, 0) is 9.59 Å². The van der Waals surface area contributed by atoms with E-state index in [9.17, 15) is 19.2 Å². The minimum Gasteiger partial charge on any atom is -0.404 e. The number of nitrogens with two attached hydrogens (primary N) is 1. The minimum absolute atomic E-state index is 0.0807. The van der Waals surface area contributed by atoms with Gasteiger partial charge in [-0.2, -0.15) is 0 Å². The van der Waals surface area contributed by atoms with E-state index in [0.717, 1.165) is 36.4 Å². The average Bonchev–Trinajstić information content (AvgIpc) is 3.20. The van der Waals surface area contributed by atoms with Gasteiger partial charge in [-0.15, -0.1) is 0 Å². The summed E-state index contributed by atoms with van der Waals surface area (Å²) in [6.07, 6.45) is 12.3. The molecule has 1 atom stereocenters. The topological polar surface area (TPSA) is 137 Å². The lowest BCUT2D eigenvalue weighted by atomic mass is 9.75. The molecule has 1 aromatic rings. The molecule has 4 amide bonds. The summed E-state index contributed by atoms with van der Waals surface area (Å²) in [5, 5.41) is 5.45. The van der Waals surface area contributed by atoms with E-state index < -0.39 is 29.7 Å². The Kier molecular flexibility index (Phi) is 8.35. The van der Waals surface area contributed by atoms with Crippen LogP contribution in [0.3, 0.4) is 0 Å². The van der Waals surface area contributed by atoms with E-state index in [-0.39, 0.29) is 30.0 Å². The van der Waals surface area contributed by atoms with Gasteiger partial charge in [0.05, 0.1) is 17.2 Å². The van der Waals surface area contributed by atoms with Gasteiger partial charge < -0.3 is 16.0 Å². The smallest absolute Gasteiger partial charge is 0.264 e. The average molecular weight is 549 g/mol. The molecule has 0 aromatic heterocycles. The summed E-state index contributed by atoms with van der Waals surface area (Å²) in [6, 6.07) is 4.26. The lowest BCUT2D eigenvalue weighted by Gasteiger charge is -2.40. The van der Waals surface area contributed by atoms with Crippen LogP contribution in [0.1, 0.15) is 85.4 Å². The highest BCUT2D eigenvalue weighted by Gasteiger charge is 2.45. The Labute approximate surface area is 235 Å². The van der Waals surface area contributed by atoms with Crippen LogP contribution in [0.4, 0.5) is 5.69 Å². The number of rotatable bonds is 8. The fraction of sp³-hybridized carbons (Fsp3) is 0.567. The Morgan fingerprint density at radius 1 is 1.10 bits per heavy atom. The van der Waals surface area contributed by atoms with E-state index >= 15 is 0 Å². The summed E-state index contributed by atoms with van der Waals surface area (Å²) in [7, 11) is 0. The Morgan fingerprint density at radius 3 is 2.55 bits per heavy atom. The monoisotopic (exact) mass is 548 g/mol. The van der Waals surface area contributed by atoms with E-state index in [1.54, 1.807) is 18.2 Å². The summed E-state index contributed by atoms with van der Waals surface area (Å²) in [6.45, 7) is 6.08. The van der Waals surface area contributed by atoms with Gasteiger partial charge in [-0.25, -0.2) is 0 Å². The molecule has 1 aromatic carbocycles. The molecule has 4 N–H and O–H groups in total. The van der Waals surface area contributed by atoms with E-state index in [1.807, 2.05) is 6.21 Å². The molecule has 214 valence electrons. The van der Waals surface area contributed by atoms with Crippen molar-refractivity contribution in [2.24, 2.45) is 16.1 Å². The Balaban J connectivity index is 1.16. The van der Waals surface area contributed by atoms with Crippen LogP contribution in [-0.4, -0.2) is 77.9 Å². The first-order valence-electron chi connectivity index (χ1n) is 14.5. The van der Waals surface area contributed by atoms with Crippen molar-refractivity contribution in [2.45, 2.75) is 76.8 Å². The quantitative estimate of drug-likeness (QED) is 0.336. The molecule has 1 aliphatic carbocycles. The van der Waals surface area contributed by atoms with Crippen molar-refractivity contribution in [1.29, 1.82) is 0 Å². The molecule has 0 bridgehead atoms. The zero-order valence-electron chi connectivity index (χ0n) is 23.3. The van der Waals surface area contributed by atoms with Crippen molar-refractivity contribution in [1.82, 2.24) is 15.1 Å². The molecule has 1 saturated carbocycles. The number of carbonyl (C=O) groups is 4. The normalized spacial score (nSPS) is 24.5. The molecular weight excluding hydrogens is 508 g/mol. The lowest BCUT2D eigenvalue weighted by Crippen LogP contribution is -2.54. The highest BCUT2D eigenvalue weighted by atomic mass is 16.2. The number of amides is 4. The van der Waals surface area contributed by atoms with Gasteiger partial charge in [-0.05, 0) is 49.7 Å². The zero-order chi connectivity index (χ0) is 28.3. The Morgan fingerprint density at radius 2 is 1.85 bits per heavy atom. The number of hydrogen-bond acceptors (Lipinski definition) is 8. The van der Waals surface area contributed by atoms with Crippen molar-refractivity contribution < 1.29 is 19.2 Å². The van der Waals surface area contributed by atoms with Gasteiger partial charge in [-0.3, -0.25) is 34.4 Å². The van der Waals surface area contributed by atoms with Crippen molar-refractivity contribution in [3.63, 3.8) is 0 Å². The van der Waals surface area contributed by atoms with E-state index in [4.69, 9.17) is 10.7 Å². The van der Waals surface area contributed by atoms with E-state index in [0.29, 0.717) is 17.6 Å². The maximum Gasteiger partial charge on any atom is 0.264 e. The molecule has 2 saturated heterocycles. The molecule has 0 spiro atoms. The molecule has 0 radical (unpaired) electrons. The van der Waals surface area contributed by atoms with Crippen molar-refractivity contribution in [2.75, 3.05) is 31.5 Å². The maximum absolute atomic E-state index is 13.3. The summed E-state index contributed by atoms with van der Waals surface area (Å²) >= 11 is 0. The largest absolute Gasteiger partial charge is 0.404 e. The van der Waals surface area contributed by atoms with Crippen LogP contribution in [0.2, 0.25) is 0 Å². The summed E-state index contributed by atoms with van der Waals surface area (Å²) in [5.41, 5.74) is 8.08. The molecule has 10 nitrogen and oxygen atoms in total. The maximum atomic E-state index is 13.3. The highest BCUT2D eigenvalue weighted by molar-refractivity contribution is 6.25. The SMILES string of the molecule is CC1(CN2CCC(N=CC(=CN)CNc3cccc4c3C(=O)N(C3CCC(=O)NC3=O)C4=O)CC2)CCCCC1. The van der Waals surface area contributed by atoms with Crippen LogP contribution in [0.5, 0.6) is 0 Å². The summed E-state index contributed by atoms with van der Waals surface area (Å²) < 4.78 is 0. The predicted molar refractivity (Wildman–Crippen MR) is 153 cm³/mol. The first-order valence-corrected chi connectivity index (χ1v) is 14.5. The molecular formula is C30H40N6O4. The number of piperidine rings is 2. The first-order chi connectivity index (χ1) is 19.3. The number of hydrogen-bond donors (Lipinski definition) is 3. The molecule has 40 heavy (non-hydrogen) atoms. The third-order valence-electron chi connectivity index (χ3n) is 8.84. The third kappa shape index (κ3) is 5.96. The van der Waals surface area contributed by atoms with Gasteiger partial charge in [0.25, 0.3) is 11.8 Å². The summed E-state index contributed by atoms with van der Waals surface area (Å²) in [5.74, 6) is -2.10.